The number of halogens is 3. The monoisotopic (exact) mass is 385 g/mol. The van der Waals surface area contributed by atoms with Crippen molar-refractivity contribution < 1.29 is 27.8 Å². The van der Waals surface area contributed by atoms with Crippen molar-refractivity contribution in [1.29, 1.82) is 0 Å². The highest BCUT2D eigenvalue weighted by atomic mass is 19.4. The fourth-order valence-corrected chi connectivity index (χ4v) is 2.73. The molecule has 148 valence electrons. The molecule has 0 aliphatic carbocycles. The van der Waals surface area contributed by atoms with E-state index in [4.69, 9.17) is 4.74 Å². The SMILES string of the molecule is CCN(Cc1ccc(OC)cc1)C(=O)CC(O)(c1nccn1C)C(F)(F)F. The van der Waals surface area contributed by atoms with Crippen molar-refractivity contribution in [1.82, 2.24) is 14.5 Å². The smallest absolute Gasteiger partial charge is 0.425 e. The van der Waals surface area contributed by atoms with Gasteiger partial charge in [0.2, 0.25) is 11.5 Å². The topological polar surface area (TPSA) is 67.6 Å². The maximum Gasteiger partial charge on any atom is 0.425 e. The summed E-state index contributed by atoms with van der Waals surface area (Å²) in [6.45, 7) is 1.97. The number of aryl methyl sites for hydroxylation is 1. The lowest BCUT2D eigenvalue weighted by Crippen LogP contribution is -2.48. The Labute approximate surface area is 155 Å². The Kier molecular flexibility index (Phi) is 6.15. The van der Waals surface area contributed by atoms with Crippen LogP contribution in [0.1, 0.15) is 24.7 Å². The van der Waals surface area contributed by atoms with Gasteiger partial charge in [0, 0.05) is 32.5 Å². The molecule has 0 saturated carbocycles. The van der Waals surface area contributed by atoms with E-state index in [2.05, 4.69) is 4.98 Å². The number of nitrogens with zero attached hydrogens (tertiary/aromatic N) is 3. The highest BCUT2D eigenvalue weighted by Crippen LogP contribution is 2.41. The van der Waals surface area contributed by atoms with Gasteiger partial charge in [-0.05, 0) is 24.6 Å². The van der Waals surface area contributed by atoms with Gasteiger partial charge < -0.3 is 19.3 Å². The summed E-state index contributed by atoms with van der Waals surface area (Å²) in [5.74, 6) is -0.811. The number of carbonyl (C=O) groups is 1. The number of hydrogen-bond donors (Lipinski definition) is 1. The van der Waals surface area contributed by atoms with Crippen molar-refractivity contribution in [3.8, 4) is 5.75 Å². The van der Waals surface area contributed by atoms with E-state index >= 15 is 0 Å². The fourth-order valence-electron chi connectivity index (χ4n) is 2.73. The van der Waals surface area contributed by atoms with Gasteiger partial charge in [-0.1, -0.05) is 12.1 Å². The summed E-state index contributed by atoms with van der Waals surface area (Å²) < 4.78 is 46.9. The van der Waals surface area contributed by atoms with Crippen molar-refractivity contribution in [3.05, 3.63) is 48.0 Å². The number of alkyl halides is 3. The third-order valence-corrected chi connectivity index (χ3v) is 4.33. The second-order valence-corrected chi connectivity index (χ2v) is 6.15. The van der Waals surface area contributed by atoms with Gasteiger partial charge >= 0.3 is 6.18 Å². The molecule has 1 aromatic heterocycles. The molecule has 0 aliphatic heterocycles. The molecule has 2 aromatic rings. The van der Waals surface area contributed by atoms with Crippen LogP contribution in [0.25, 0.3) is 0 Å². The van der Waals surface area contributed by atoms with Gasteiger partial charge in [0.05, 0.1) is 13.5 Å². The van der Waals surface area contributed by atoms with Crippen LogP contribution in [0.3, 0.4) is 0 Å². The number of aliphatic hydroxyl groups is 1. The summed E-state index contributed by atoms with van der Waals surface area (Å²) in [7, 11) is 2.85. The molecule has 6 nitrogen and oxygen atoms in total. The molecule has 0 aliphatic rings. The Morgan fingerprint density at radius 1 is 1.30 bits per heavy atom. The molecule has 0 saturated heterocycles. The van der Waals surface area contributed by atoms with Crippen LogP contribution in [-0.4, -0.2) is 45.3 Å². The minimum Gasteiger partial charge on any atom is -0.497 e. The standard InChI is InChI=1S/C18H22F3N3O3/c1-4-24(12-13-5-7-14(27-3)8-6-13)15(25)11-17(26,18(19,20)21)16-22-9-10-23(16)2/h5-10,26H,4,11-12H2,1-3H3. The molecule has 27 heavy (non-hydrogen) atoms. The number of ether oxygens (including phenoxy) is 1. The molecule has 1 amide bonds. The minimum absolute atomic E-state index is 0.119. The molecule has 1 atom stereocenters. The average molecular weight is 385 g/mol. The molecular weight excluding hydrogens is 363 g/mol. The molecular formula is C18H22F3N3O3. The maximum atomic E-state index is 13.6. The van der Waals surface area contributed by atoms with Crippen molar-refractivity contribution >= 4 is 5.91 Å². The first-order valence-corrected chi connectivity index (χ1v) is 8.30. The maximum absolute atomic E-state index is 13.6. The van der Waals surface area contributed by atoms with Crippen molar-refractivity contribution in [2.75, 3.05) is 13.7 Å². The first-order valence-electron chi connectivity index (χ1n) is 8.30. The van der Waals surface area contributed by atoms with Gasteiger partial charge in [-0.25, -0.2) is 4.98 Å². The molecule has 2 rings (SSSR count). The Balaban J connectivity index is 2.23. The van der Waals surface area contributed by atoms with Crippen molar-refractivity contribution in [3.63, 3.8) is 0 Å². The van der Waals surface area contributed by atoms with Crippen LogP contribution >= 0.6 is 0 Å². The summed E-state index contributed by atoms with van der Waals surface area (Å²) in [5.41, 5.74) is -2.63. The van der Waals surface area contributed by atoms with E-state index in [1.165, 1.54) is 25.3 Å². The third kappa shape index (κ3) is 4.41. The van der Waals surface area contributed by atoms with Gasteiger partial charge in [0.1, 0.15) is 5.75 Å². The first kappa shape index (κ1) is 20.8. The molecule has 0 fully saturated rings. The molecule has 1 N–H and O–H groups in total. The van der Waals surface area contributed by atoms with E-state index in [-0.39, 0.29) is 13.1 Å². The third-order valence-electron chi connectivity index (χ3n) is 4.33. The Bertz CT molecular complexity index is 774. The Hall–Kier alpha value is -2.55. The van der Waals surface area contributed by atoms with Crippen LogP contribution in [-0.2, 0) is 24.0 Å². The highest BCUT2D eigenvalue weighted by Gasteiger charge is 2.58. The van der Waals surface area contributed by atoms with Gasteiger partial charge in [0.15, 0.2) is 5.82 Å². The molecule has 0 spiro atoms. The van der Waals surface area contributed by atoms with Gasteiger partial charge in [0.25, 0.3) is 0 Å². The number of rotatable bonds is 7. The van der Waals surface area contributed by atoms with Crippen molar-refractivity contribution in [2.24, 2.45) is 7.05 Å². The number of methoxy groups -OCH3 is 1. The summed E-state index contributed by atoms with van der Waals surface area (Å²) >= 11 is 0. The van der Waals surface area contributed by atoms with Crippen LogP contribution < -0.4 is 4.74 Å². The van der Waals surface area contributed by atoms with Gasteiger partial charge in [-0.15, -0.1) is 0 Å². The molecule has 0 bridgehead atoms. The molecule has 9 heteroatoms. The number of hydrogen-bond acceptors (Lipinski definition) is 4. The van der Waals surface area contributed by atoms with Crippen molar-refractivity contribution in [2.45, 2.75) is 31.7 Å². The van der Waals surface area contributed by atoms with E-state index in [1.54, 1.807) is 31.2 Å². The molecule has 1 aromatic carbocycles. The van der Waals surface area contributed by atoms with Gasteiger partial charge in [-0.2, -0.15) is 13.2 Å². The summed E-state index contributed by atoms with van der Waals surface area (Å²) in [6.07, 6.45) is -3.77. The zero-order chi connectivity index (χ0) is 20.2. The summed E-state index contributed by atoms with van der Waals surface area (Å²) in [6, 6.07) is 6.86. The minimum atomic E-state index is -5.05. The predicted octanol–water partition coefficient (Wildman–Crippen LogP) is 2.62. The van der Waals surface area contributed by atoms with E-state index in [9.17, 15) is 23.1 Å². The van der Waals surface area contributed by atoms with E-state index in [1.807, 2.05) is 0 Å². The summed E-state index contributed by atoms with van der Waals surface area (Å²) in [4.78, 5) is 17.4. The fraction of sp³-hybridized carbons (Fsp3) is 0.444. The highest BCUT2D eigenvalue weighted by molar-refractivity contribution is 5.77. The van der Waals surface area contributed by atoms with Crippen LogP contribution in [0.15, 0.2) is 36.7 Å². The lowest BCUT2D eigenvalue weighted by atomic mass is 9.96. The van der Waals surface area contributed by atoms with E-state index in [0.29, 0.717) is 5.75 Å². The number of amides is 1. The second kappa shape index (κ2) is 7.99. The zero-order valence-corrected chi connectivity index (χ0v) is 15.3. The number of imidazole rings is 1. The second-order valence-electron chi connectivity index (χ2n) is 6.15. The molecule has 1 heterocycles. The number of aromatic nitrogens is 2. The molecule has 1 unspecified atom stereocenters. The van der Waals surface area contributed by atoms with E-state index < -0.39 is 29.9 Å². The van der Waals surface area contributed by atoms with Crippen LogP contribution in [0.2, 0.25) is 0 Å². The zero-order valence-electron chi connectivity index (χ0n) is 15.3. The lowest BCUT2D eigenvalue weighted by Gasteiger charge is -2.31. The van der Waals surface area contributed by atoms with Gasteiger partial charge in [-0.3, -0.25) is 4.79 Å². The number of benzene rings is 1. The first-order chi connectivity index (χ1) is 12.6. The van der Waals surface area contributed by atoms with Crippen LogP contribution in [0.4, 0.5) is 13.2 Å². The van der Waals surface area contributed by atoms with Crippen LogP contribution in [0, 0.1) is 0 Å². The lowest BCUT2D eigenvalue weighted by molar-refractivity contribution is -0.272. The normalized spacial score (nSPS) is 13.9. The Morgan fingerprint density at radius 2 is 1.93 bits per heavy atom. The van der Waals surface area contributed by atoms with Crippen LogP contribution in [0.5, 0.6) is 5.75 Å². The average Bonchev–Trinajstić information content (AvgIpc) is 3.05. The quantitative estimate of drug-likeness (QED) is 0.796. The largest absolute Gasteiger partial charge is 0.497 e. The summed E-state index contributed by atoms with van der Waals surface area (Å²) in [5, 5.41) is 10.4. The molecule has 0 radical (unpaired) electrons. The Morgan fingerprint density at radius 3 is 2.37 bits per heavy atom. The van der Waals surface area contributed by atoms with E-state index in [0.717, 1.165) is 16.3 Å². The predicted molar refractivity (Wildman–Crippen MR) is 91.9 cm³/mol. The number of carbonyl (C=O) groups excluding carboxylic acids is 1.